The maximum absolute atomic E-state index is 12.9. The molecule has 2 rings (SSSR count). The van der Waals surface area contributed by atoms with Gasteiger partial charge in [-0.1, -0.05) is 29.4 Å². The zero-order valence-electron chi connectivity index (χ0n) is 14.1. The number of benzene rings is 2. The summed E-state index contributed by atoms with van der Waals surface area (Å²) in [6.07, 6.45) is -4.79. The number of sulfone groups is 1. The van der Waals surface area contributed by atoms with E-state index in [0.29, 0.717) is 11.6 Å². The van der Waals surface area contributed by atoms with Crippen LogP contribution in [0.25, 0.3) is 0 Å². The number of hydrogen-bond donors (Lipinski definition) is 1. The molecule has 2 aromatic rings. The molecule has 2 aromatic carbocycles. The molecule has 11 heteroatoms. The van der Waals surface area contributed by atoms with E-state index < -0.39 is 56.3 Å². The highest BCUT2D eigenvalue weighted by atomic mass is 32.2. The molecule has 0 saturated carbocycles. The van der Waals surface area contributed by atoms with E-state index in [2.05, 4.69) is 9.99 Å². The molecule has 150 valence electrons. The first-order chi connectivity index (χ1) is 13.0. The average Bonchev–Trinajstić information content (AvgIpc) is 2.60. The minimum atomic E-state index is -4.79. The zero-order chi connectivity index (χ0) is 20.9. The third-order valence-corrected chi connectivity index (χ3v) is 4.87. The van der Waals surface area contributed by atoms with Gasteiger partial charge >= 0.3 is 12.1 Å². The van der Waals surface area contributed by atoms with Crippen LogP contribution in [0.3, 0.4) is 0 Å². The molecule has 2 N–H and O–H groups in total. The monoisotopic (exact) mass is 418 g/mol. The third kappa shape index (κ3) is 6.05. The second-order valence-corrected chi connectivity index (χ2v) is 7.73. The Balaban J connectivity index is 2.06. The smallest absolute Gasteiger partial charge is 0.384 e. The lowest BCUT2D eigenvalue weighted by Gasteiger charge is -2.10. The topological polar surface area (TPSA) is 98.8 Å². The van der Waals surface area contributed by atoms with Gasteiger partial charge in [0.05, 0.1) is 16.9 Å². The Morgan fingerprint density at radius 3 is 2.29 bits per heavy atom. The highest BCUT2D eigenvalue weighted by molar-refractivity contribution is 7.91. The first kappa shape index (κ1) is 21.4. The van der Waals surface area contributed by atoms with Crippen molar-refractivity contribution in [2.24, 2.45) is 10.9 Å². The number of rotatable bonds is 6. The molecule has 0 spiro atoms. The molecule has 0 aliphatic heterocycles. The summed E-state index contributed by atoms with van der Waals surface area (Å²) >= 11 is 0. The molecule has 0 unspecified atom stereocenters. The minimum Gasteiger partial charge on any atom is -0.384 e. The van der Waals surface area contributed by atoms with Crippen molar-refractivity contribution in [3.05, 3.63) is 71.0 Å². The van der Waals surface area contributed by atoms with E-state index in [1.165, 1.54) is 18.2 Å². The van der Waals surface area contributed by atoms with Gasteiger partial charge in [-0.05, 0) is 29.8 Å². The van der Waals surface area contributed by atoms with Crippen LogP contribution in [-0.2, 0) is 26.6 Å². The number of nitrogens with two attached hydrogens (primary N) is 1. The normalized spacial score (nSPS) is 12.6. The van der Waals surface area contributed by atoms with Crippen molar-refractivity contribution < 1.29 is 35.6 Å². The highest BCUT2D eigenvalue weighted by Gasteiger charge is 2.35. The van der Waals surface area contributed by atoms with Gasteiger partial charge in [0.15, 0.2) is 15.7 Å². The largest absolute Gasteiger partial charge is 0.417 e. The van der Waals surface area contributed by atoms with Crippen molar-refractivity contribution in [1.29, 1.82) is 0 Å². The van der Waals surface area contributed by atoms with Gasteiger partial charge in [0.25, 0.3) is 0 Å². The lowest BCUT2D eigenvalue weighted by Crippen LogP contribution is -2.25. The fourth-order valence-corrected chi connectivity index (χ4v) is 3.50. The summed E-state index contributed by atoms with van der Waals surface area (Å²) in [6, 6.07) is 8.59. The highest BCUT2D eigenvalue weighted by Crippen LogP contribution is 2.32. The van der Waals surface area contributed by atoms with E-state index in [9.17, 15) is 30.8 Å². The van der Waals surface area contributed by atoms with Gasteiger partial charge in [-0.2, -0.15) is 13.2 Å². The van der Waals surface area contributed by atoms with Crippen LogP contribution in [0.15, 0.2) is 53.7 Å². The second-order valence-electron chi connectivity index (χ2n) is 5.66. The van der Waals surface area contributed by atoms with Gasteiger partial charge in [-0.3, -0.25) is 0 Å². The summed E-state index contributed by atoms with van der Waals surface area (Å²) in [6.45, 7) is 0. The Kier molecular flexibility index (Phi) is 6.39. The molecule has 6 nitrogen and oxygen atoms in total. The van der Waals surface area contributed by atoms with Gasteiger partial charge < -0.3 is 10.6 Å². The molecule has 0 heterocycles. The lowest BCUT2D eigenvalue weighted by molar-refractivity contribution is -0.138. The number of nitrogens with zero attached hydrogens (tertiary/aromatic N) is 1. The molecular weight excluding hydrogens is 404 g/mol. The summed E-state index contributed by atoms with van der Waals surface area (Å²) in [4.78, 5) is 16.2. The molecule has 28 heavy (non-hydrogen) atoms. The Morgan fingerprint density at radius 1 is 1.07 bits per heavy atom. The zero-order valence-corrected chi connectivity index (χ0v) is 14.9. The van der Waals surface area contributed by atoms with Gasteiger partial charge in [-0.25, -0.2) is 17.6 Å². The number of carbonyl (C=O) groups is 1. The van der Waals surface area contributed by atoms with Crippen molar-refractivity contribution >= 4 is 21.6 Å². The number of oxime groups is 1. The van der Waals surface area contributed by atoms with Gasteiger partial charge in [0.1, 0.15) is 11.6 Å². The second kappa shape index (κ2) is 8.38. The molecule has 0 bridgehead atoms. The van der Waals surface area contributed by atoms with Gasteiger partial charge in [0, 0.05) is 0 Å². The maximum Gasteiger partial charge on any atom is 0.417 e. The van der Waals surface area contributed by atoms with E-state index in [0.717, 1.165) is 24.3 Å². The maximum atomic E-state index is 12.9. The molecule has 0 aliphatic carbocycles. The summed E-state index contributed by atoms with van der Waals surface area (Å²) in [7, 11) is -3.84. The molecule has 0 atom stereocenters. The molecule has 0 saturated heterocycles. The van der Waals surface area contributed by atoms with E-state index in [1.807, 2.05) is 0 Å². The Bertz CT molecular complexity index is 987. The first-order valence-corrected chi connectivity index (χ1v) is 9.45. The molecule has 0 aromatic heterocycles. The molecule has 0 amide bonds. The third-order valence-electron chi connectivity index (χ3n) is 3.37. The molecule has 0 radical (unpaired) electrons. The Hall–Kier alpha value is -2.95. The fourth-order valence-electron chi connectivity index (χ4n) is 2.19. The Morgan fingerprint density at radius 2 is 1.68 bits per heavy atom. The number of hydrogen-bond acceptors (Lipinski definition) is 5. The SMILES string of the molecule is NC(CS(=O)(=O)Cc1ccc(F)cc1)=NOC(=O)c1ccccc1C(F)(F)F. The lowest BCUT2D eigenvalue weighted by atomic mass is 10.1. The van der Waals surface area contributed by atoms with Crippen LogP contribution < -0.4 is 5.73 Å². The van der Waals surface area contributed by atoms with Gasteiger partial charge in [-0.15, -0.1) is 0 Å². The van der Waals surface area contributed by atoms with Crippen LogP contribution in [0.2, 0.25) is 0 Å². The first-order valence-electron chi connectivity index (χ1n) is 7.63. The summed E-state index contributed by atoms with van der Waals surface area (Å²) in [5, 5.41) is 3.10. The van der Waals surface area contributed by atoms with Crippen LogP contribution in [0, 0.1) is 5.82 Å². The fraction of sp³-hybridized carbons (Fsp3) is 0.176. The predicted octanol–water partition coefficient (Wildman–Crippen LogP) is 2.89. The van der Waals surface area contributed by atoms with Crippen LogP contribution in [-0.4, -0.2) is 26.0 Å². The van der Waals surface area contributed by atoms with Crippen molar-refractivity contribution in [2.75, 3.05) is 5.75 Å². The van der Waals surface area contributed by atoms with Crippen molar-refractivity contribution in [1.82, 2.24) is 0 Å². The Labute approximate surface area is 157 Å². The van der Waals surface area contributed by atoms with Gasteiger partial charge in [0.2, 0.25) is 0 Å². The minimum absolute atomic E-state index is 0.297. The van der Waals surface area contributed by atoms with Crippen LogP contribution in [0.5, 0.6) is 0 Å². The number of amidine groups is 1. The molecule has 0 aliphatic rings. The summed E-state index contributed by atoms with van der Waals surface area (Å²) in [5.41, 5.74) is 3.68. The summed E-state index contributed by atoms with van der Waals surface area (Å²) < 4.78 is 75.6. The number of alkyl halides is 3. The summed E-state index contributed by atoms with van der Waals surface area (Å²) in [5.74, 6) is -3.88. The van der Waals surface area contributed by atoms with Crippen molar-refractivity contribution in [2.45, 2.75) is 11.9 Å². The van der Waals surface area contributed by atoms with E-state index in [4.69, 9.17) is 5.73 Å². The number of halogens is 4. The quantitative estimate of drug-likeness (QED) is 0.256. The van der Waals surface area contributed by atoms with E-state index in [-0.39, 0.29) is 0 Å². The van der Waals surface area contributed by atoms with Crippen LogP contribution >= 0.6 is 0 Å². The van der Waals surface area contributed by atoms with Crippen LogP contribution in [0.1, 0.15) is 21.5 Å². The predicted molar refractivity (Wildman–Crippen MR) is 92.4 cm³/mol. The van der Waals surface area contributed by atoms with E-state index >= 15 is 0 Å². The molecular formula is C17H14F4N2O4S. The van der Waals surface area contributed by atoms with Crippen LogP contribution in [0.4, 0.5) is 17.6 Å². The standard InChI is InChI=1S/C17H14F4N2O4S/c18-12-7-5-11(6-8-12)9-28(25,26)10-15(22)23-27-16(24)13-3-1-2-4-14(13)17(19,20)21/h1-8H,9-10H2,(H2,22,23). The van der Waals surface area contributed by atoms with E-state index in [1.54, 1.807) is 0 Å². The average molecular weight is 418 g/mol. The molecule has 0 fully saturated rings. The van der Waals surface area contributed by atoms with Crippen molar-refractivity contribution in [3.8, 4) is 0 Å². The number of carbonyl (C=O) groups excluding carboxylic acids is 1. The van der Waals surface area contributed by atoms with Crippen molar-refractivity contribution in [3.63, 3.8) is 0 Å².